The Balaban J connectivity index is 1.72. The number of amides is 3. The Bertz CT molecular complexity index is 677. The first kappa shape index (κ1) is 21.0. The van der Waals surface area contributed by atoms with E-state index in [9.17, 15) is 14.4 Å². The second-order valence-corrected chi connectivity index (χ2v) is 7.93. The van der Waals surface area contributed by atoms with Crippen LogP contribution in [-0.2, 0) is 9.53 Å². The van der Waals surface area contributed by atoms with Crippen LogP contribution in [0.4, 0.5) is 4.79 Å². The quantitative estimate of drug-likeness (QED) is 0.820. The van der Waals surface area contributed by atoms with Crippen molar-refractivity contribution in [3.05, 3.63) is 34.9 Å². The van der Waals surface area contributed by atoms with E-state index in [4.69, 9.17) is 16.3 Å². The maximum absolute atomic E-state index is 12.5. The minimum Gasteiger partial charge on any atom is -0.444 e. The van der Waals surface area contributed by atoms with E-state index in [2.05, 4.69) is 10.6 Å². The Morgan fingerprint density at radius 1 is 1.15 bits per heavy atom. The Labute approximate surface area is 164 Å². The van der Waals surface area contributed by atoms with E-state index in [-0.39, 0.29) is 24.4 Å². The van der Waals surface area contributed by atoms with Crippen LogP contribution in [0.15, 0.2) is 24.3 Å². The van der Waals surface area contributed by atoms with Gasteiger partial charge in [-0.15, -0.1) is 0 Å². The molecule has 0 aliphatic carbocycles. The predicted octanol–water partition coefficient (Wildman–Crippen LogP) is 2.59. The van der Waals surface area contributed by atoms with E-state index in [0.717, 1.165) is 0 Å². The SMILES string of the molecule is CC(C)(C)OC(=O)NCC(=O)NC1CCN(C(=O)c2ccc(Cl)cc2)CC1. The summed E-state index contributed by atoms with van der Waals surface area (Å²) in [4.78, 5) is 37.8. The van der Waals surface area contributed by atoms with Crippen LogP contribution in [0.2, 0.25) is 5.02 Å². The van der Waals surface area contributed by atoms with Crippen LogP contribution in [-0.4, -0.2) is 54.1 Å². The summed E-state index contributed by atoms with van der Waals surface area (Å²) in [7, 11) is 0. The van der Waals surface area contributed by atoms with Gasteiger partial charge in [-0.25, -0.2) is 4.79 Å². The molecule has 0 spiro atoms. The van der Waals surface area contributed by atoms with Gasteiger partial charge in [-0.1, -0.05) is 11.6 Å². The molecule has 1 fully saturated rings. The predicted molar refractivity (Wildman–Crippen MR) is 103 cm³/mol. The zero-order chi connectivity index (χ0) is 20.0. The van der Waals surface area contributed by atoms with Crippen LogP contribution in [0.3, 0.4) is 0 Å². The molecule has 2 N–H and O–H groups in total. The number of alkyl carbamates (subject to hydrolysis) is 1. The Hall–Kier alpha value is -2.28. The summed E-state index contributed by atoms with van der Waals surface area (Å²) < 4.78 is 5.09. The van der Waals surface area contributed by atoms with Gasteiger partial charge in [0, 0.05) is 29.7 Å². The molecule has 1 aliphatic rings. The number of rotatable bonds is 4. The van der Waals surface area contributed by atoms with E-state index < -0.39 is 11.7 Å². The number of piperidine rings is 1. The van der Waals surface area contributed by atoms with Gasteiger partial charge >= 0.3 is 6.09 Å². The van der Waals surface area contributed by atoms with Gasteiger partial charge in [0.05, 0.1) is 0 Å². The number of halogens is 1. The van der Waals surface area contributed by atoms with Crippen molar-refractivity contribution in [1.82, 2.24) is 15.5 Å². The number of benzene rings is 1. The highest BCUT2D eigenvalue weighted by atomic mass is 35.5. The van der Waals surface area contributed by atoms with E-state index in [0.29, 0.717) is 36.5 Å². The topological polar surface area (TPSA) is 87.7 Å². The van der Waals surface area contributed by atoms with Crippen molar-refractivity contribution in [3.63, 3.8) is 0 Å². The highest BCUT2D eigenvalue weighted by molar-refractivity contribution is 6.30. The minimum atomic E-state index is -0.624. The molecule has 0 radical (unpaired) electrons. The number of nitrogens with zero attached hydrogens (tertiary/aromatic N) is 1. The van der Waals surface area contributed by atoms with E-state index >= 15 is 0 Å². The molecule has 0 atom stereocenters. The average Bonchev–Trinajstić information content (AvgIpc) is 2.59. The van der Waals surface area contributed by atoms with Gasteiger partial charge < -0.3 is 20.3 Å². The lowest BCUT2D eigenvalue weighted by Gasteiger charge is -2.32. The van der Waals surface area contributed by atoms with E-state index in [1.807, 2.05) is 0 Å². The Morgan fingerprint density at radius 3 is 2.30 bits per heavy atom. The lowest BCUT2D eigenvalue weighted by molar-refractivity contribution is -0.121. The van der Waals surface area contributed by atoms with Gasteiger partial charge in [-0.3, -0.25) is 9.59 Å². The molecular weight excluding hydrogens is 370 g/mol. The summed E-state index contributed by atoms with van der Waals surface area (Å²) in [5, 5.41) is 5.90. The number of likely N-dealkylation sites (tertiary alicyclic amines) is 1. The molecule has 0 bridgehead atoms. The summed E-state index contributed by atoms with van der Waals surface area (Å²) in [5.41, 5.74) is -0.00672. The van der Waals surface area contributed by atoms with Crippen LogP contribution in [0.25, 0.3) is 0 Å². The number of carbonyl (C=O) groups excluding carboxylic acids is 3. The Morgan fingerprint density at radius 2 is 1.74 bits per heavy atom. The largest absolute Gasteiger partial charge is 0.444 e. The van der Waals surface area contributed by atoms with Crippen LogP contribution < -0.4 is 10.6 Å². The molecule has 0 saturated carbocycles. The van der Waals surface area contributed by atoms with E-state index in [1.54, 1.807) is 49.9 Å². The first-order valence-electron chi connectivity index (χ1n) is 8.95. The highest BCUT2D eigenvalue weighted by Gasteiger charge is 2.25. The minimum absolute atomic E-state index is 0.0211. The number of hydrogen-bond acceptors (Lipinski definition) is 4. The molecule has 8 heteroatoms. The molecule has 27 heavy (non-hydrogen) atoms. The third-order valence-corrected chi connectivity index (χ3v) is 4.28. The zero-order valence-corrected chi connectivity index (χ0v) is 16.6. The van der Waals surface area contributed by atoms with Crippen molar-refractivity contribution in [1.29, 1.82) is 0 Å². The van der Waals surface area contributed by atoms with Gasteiger partial charge in [0.2, 0.25) is 5.91 Å². The smallest absolute Gasteiger partial charge is 0.408 e. The molecule has 0 unspecified atom stereocenters. The summed E-state index contributed by atoms with van der Waals surface area (Å²) >= 11 is 5.85. The van der Waals surface area contributed by atoms with Gasteiger partial charge in [0.25, 0.3) is 5.91 Å². The van der Waals surface area contributed by atoms with Crippen molar-refractivity contribution >= 4 is 29.5 Å². The van der Waals surface area contributed by atoms with Crippen molar-refractivity contribution < 1.29 is 19.1 Å². The molecule has 1 aromatic rings. The monoisotopic (exact) mass is 395 g/mol. The van der Waals surface area contributed by atoms with Gasteiger partial charge in [0.1, 0.15) is 12.1 Å². The van der Waals surface area contributed by atoms with Gasteiger partial charge in [-0.2, -0.15) is 0 Å². The molecule has 3 amide bonds. The fraction of sp³-hybridized carbons (Fsp3) is 0.526. The summed E-state index contributed by atoms with van der Waals surface area (Å²) in [5.74, 6) is -0.314. The highest BCUT2D eigenvalue weighted by Crippen LogP contribution is 2.16. The fourth-order valence-electron chi connectivity index (χ4n) is 2.75. The molecule has 2 rings (SSSR count). The number of nitrogens with one attached hydrogen (secondary N) is 2. The summed E-state index contributed by atoms with van der Waals surface area (Å²) in [6.07, 6.45) is 0.704. The third kappa shape index (κ3) is 7.09. The summed E-state index contributed by atoms with van der Waals surface area (Å²) in [6, 6.07) is 6.79. The Kier molecular flexibility index (Phi) is 7.07. The number of carbonyl (C=O) groups is 3. The van der Waals surface area contributed by atoms with Crippen molar-refractivity contribution in [3.8, 4) is 0 Å². The fourth-order valence-corrected chi connectivity index (χ4v) is 2.87. The molecule has 1 heterocycles. The maximum Gasteiger partial charge on any atom is 0.408 e. The van der Waals surface area contributed by atoms with Crippen molar-refractivity contribution in [2.75, 3.05) is 19.6 Å². The van der Waals surface area contributed by atoms with Gasteiger partial charge in [0.15, 0.2) is 0 Å². The lowest BCUT2D eigenvalue weighted by Crippen LogP contribution is -2.49. The van der Waals surface area contributed by atoms with E-state index in [1.165, 1.54) is 0 Å². The van der Waals surface area contributed by atoms with Crippen molar-refractivity contribution in [2.45, 2.75) is 45.3 Å². The molecule has 0 aromatic heterocycles. The normalized spacial score (nSPS) is 15.2. The van der Waals surface area contributed by atoms with Crippen molar-refractivity contribution in [2.24, 2.45) is 0 Å². The molecule has 148 valence electrons. The maximum atomic E-state index is 12.5. The number of hydrogen-bond donors (Lipinski definition) is 2. The molecular formula is C19H26ClN3O4. The van der Waals surface area contributed by atoms with Gasteiger partial charge in [-0.05, 0) is 57.9 Å². The third-order valence-electron chi connectivity index (χ3n) is 4.03. The van der Waals surface area contributed by atoms with Crippen LogP contribution in [0.1, 0.15) is 44.0 Å². The summed E-state index contributed by atoms with van der Waals surface area (Å²) in [6.45, 7) is 6.25. The second kappa shape index (κ2) is 9.08. The molecule has 7 nitrogen and oxygen atoms in total. The molecule has 1 saturated heterocycles. The number of ether oxygens (including phenoxy) is 1. The van der Waals surface area contributed by atoms with Crippen LogP contribution in [0, 0.1) is 0 Å². The zero-order valence-electron chi connectivity index (χ0n) is 15.9. The first-order chi connectivity index (χ1) is 12.6. The van der Waals surface area contributed by atoms with Crippen LogP contribution >= 0.6 is 11.6 Å². The average molecular weight is 396 g/mol. The van der Waals surface area contributed by atoms with Crippen LogP contribution in [0.5, 0.6) is 0 Å². The standard InChI is InChI=1S/C19H26ClN3O4/c1-19(2,3)27-18(26)21-12-16(24)22-15-8-10-23(11-9-15)17(25)13-4-6-14(20)7-5-13/h4-7,15H,8-12H2,1-3H3,(H,21,26)(H,22,24). The second-order valence-electron chi connectivity index (χ2n) is 7.50. The first-order valence-corrected chi connectivity index (χ1v) is 9.33. The molecule has 1 aromatic carbocycles. The lowest BCUT2D eigenvalue weighted by atomic mass is 10.0. The molecule has 1 aliphatic heterocycles.